The van der Waals surface area contributed by atoms with Gasteiger partial charge < -0.3 is 4.74 Å². The van der Waals surface area contributed by atoms with E-state index in [9.17, 15) is 0 Å². The minimum absolute atomic E-state index is 0.139. The largest absolute Gasteiger partial charge is 0.375 e. The Balaban J connectivity index is 1.65. The summed E-state index contributed by atoms with van der Waals surface area (Å²) in [5, 5.41) is 0. The van der Waals surface area contributed by atoms with Gasteiger partial charge in [0.05, 0.1) is 5.60 Å². The molecule has 3 N–H and O–H groups in total. The fourth-order valence-corrected chi connectivity index (χ4v) is 4.97. The van der Waals surface area contributed by atoms with Crippen molar-refractivity contribution in [2.75, 3.05) is 18.1 Å². The highest BCUT2D eigenvalue weighted by Crippen LogP contribution is 2.40. The highest BCUT2D eigenvalue weighted by molar-refractivity contribution is 7.99. The molecule has 0 amide bonds. The van der Waals surface area contributed by atoms with E-state index in [1.165, 1.54) is 29.9 Å². The van der Waals surface area contributed by atoms with Crippen LogP contribution in [0.25, 0.3) is 0 Å². The zero-order valence-corrected chi connectivity index (χ0v) is 13.4. The first-order chi connectivity index (χ1) is 10.3. The summed E-state index contributed by atoms with van der Waals surface area (Å²) in [6.45, 7) is 0.891. The topological polar surface area (TPSA) is 47.3 Å². The second kappa shape index (κ2) is 7.14. The van der Waals surface area contributed by atoms with Gasteiger partial charge in [-0.25, -0.2) is 0 Å². The maximum Gasteiger partial charge on any atom is 0.0701 e. The molecular weight excluding hydrogens is 280 g/mol. The van der Waals surface area contributed by atoms with Crippen LogP contribution in [0.4, 0.5) is 0 Å². The summed E-state index contributed by atoms with van der Waals surface area (Å²) >= 11 is 2.06. The maximum absolute atomic E-state index is 6.20. The molecule has 3 rings (SSSR count). The van der Waals surface area contributed by atoms with Crippen molar-refractivity contribution in [3.8, 4) is 0 Å². The summed E-state index contributed by atoms with van der Waals surface area (Å²) in [4.78, 5) is 0. The van der Waals surface area contributed by atoms with Gasteiger partial charge in [0.25, 0.3) is 0 Å². The molecule has 0 aromatic heterocycles. The Morgan fingerprint density at radius 2 is 2.05 bits per heavy atom. The summed E-state index contributed by atoms with van der Waals surface area (Å²) in [5.41, 5.74) is 4.58. The lowest BCUT2D eigenvalue weighted by Crippen LogP contribution is -2.50. The van der Waals surface area contributed by atoms with Crippen molar-refractivity contribution in [3.63, 3.8) is 0 Å². The van der Waals surface area contributed by atoms with E-state index in [4.69, 9.17) is 10.6 Å². The van der Waals surface area contributed by atoms with E-state index < -0.39 is 0 Å². The Labute approximate surface area is 132 Å². The van der Waals surface area contributed by atoms with Gasteiger partial charge in [-0.2, -0.15) is 11.8 Å². The number of hydrogen-bond acceptors (Lipinski definition) is 4. The molecule has 4 heteroatoms. The fraction of sp³-hybridized carbons (Fsp3) is 0.647. The standard InChI is InChI=1S/C17H26N2OS/c18-19-16(12-14-4-2-1-3-5-14)15-6-9-20-17(13-15)7-10-21-11-8-17/h1-5,15-16,19H,6-13,18H2. The summed E-state index contributed by atoms with van der Waals surface area (Å²) in [6, 6.07) is 11.0. The van der Waals surface area contributed by atoms with Gasteiger partial charge in [0, 0.05) is 12.6 Å². The van der Waals surface area contributed by atoms with Crippen molar-refractivity contribution in [2.24, 2.45) is 11.8 Å². The molecule has 0 radical (unpaired) electrons. The van der Waals surface area contributed by atoms with Crippen LogP contribution in [-0.4, -0.2) is 29.8 Å². The van der Waals surface area contributed by atoms with Crippen LogP contribution in [0.3, 0.4) is 0 Å². The van der Waals surface area contributed by atoms with E-state index in [-0.39, 0.29) is 5.60 Å². The first-order valence-corrected chi connectivity index (χ1v) is 9.19. The highest BCUT2D eigenvalue weighted by Gasteiger charge is 2.40. The first kappa shape index (κ1) is 15.3. The molecule has 2 unspecified atom stereocenters. The zero-order chi connectivity index (χ0) is 14.5. The molecule has 1 spiro atoms. The van der Waals surface area contributed by atoms with Crippen LogP contribution in [-0.2, 0) is 11.2 Å². The second-order valence-electron chi connectivity index (χ2n) is 6.36. The average molecular weight is 306 g/mol. The van der Waals surface area contributed by atoms with E-state index in [0.717, 1.165) is 25.9 Å². The number of ether oxygens (including phenoxy) is 1. The number of thioether (sulfide) groups is 1. The summed E-state index contributed by atoms with van der Waals surface area (Å²) in [6.07, 6.45) is 5.70. The Bertz CT molecular complexity index is 428. The van der Waals surface area contributed by atoms with Gasteiger partial charge in [0.15, 0.2) is 0 Å². The Hall–Kier alpha value is -0.550. The molecule has 116 valence electrons. The average Bonchev–Trinajstić information content (AvgIpc) is 2.54. The molecule has 2 aliphatic rings. The molecule has 2 fully saturated rings. The van der Waals surface area contributed by atoms with Gasteiger partial charge in [0.2, 0.25) is 0 Å². The molecule has 0 saturated carbocycles. The monoisotopic (exact) mass is 306 g/mol. The summed E-state index contributed by atoms with van der Waals surface area (Å²) in [7, 11) is 0. The Morgan fingerprint density at radius 1 is 1.29 bits per heavy atom. The SMILES string of the molecule is NNC(Cc1ccccc1)C1CCOC2(CCSCC2)C1. The number of rotatable bonds is 4. The molecular formula is C17H26N2OS. The van der Waals surface area contributed by atoms with Crippen LogP contribution in [0.1, 0.15) is 31.2 Å². The van der Waals surface area contributed by atoms with Gasteiger partial charge in [-0.05, 0) is 55.1 Å². The molecule has 2 atom stereocenters. The molecule has 2 aliphatic heterocycles. The van der Waals surface area contributed by atoms with E-state index in [0.29, 0.717) is 12.0 Å². The Morgan fingerprint density at radius 3 is 2.76 bits per heavy atom. The summed E-state index contributed by atoms with van der Waals surface area (Å²) < 4.78 is 6.20. The molecule has 0 bridgehead atoms. The van der Waals surface area contributed by atoms with E-state index >= 15 is 0 Å². The third kappa shape index (κ3) is 3.81. The highest BCUT2D eigenvalue weighted by atomic mass is 32.2. The molecule has 1 aromatic rings. The predicted octanol–water partition coefficient (Wildman–Crippen LogP) is 2.75. The second-order valence-corrected chi connectivity index (χ2v) is 7.58. The van der Waals surface area contributed by atoms with Crippen molar-refractivity contribution in [3.05, 3.63) is 35.9 Å². The van der Waals surface area contributed by atoms with E-state index in [2.05, 4.69) is 47.5 Å². The number of benzene rings is 1. The predicted molar refractivity (Wildman–Crippen MR) is 89.2 cm³/mol. The van der Waals surface area contributed by atoms with Crippen LogP contribution >= 0.6 is 11.8 Å². The van der Waals surface area contributed by atoms with Gasteiger partial charge in [-0.15, -0.1) is 0 Å². The van der Waals surface area contributed by atoms with Crippen LogP contribution in [0.5, 0.6) is 0 Å². The first-order valence-electron chi connectivity index (χ1n) is 8.03. The Kier molecular flexibility index (Phi) is 5.22. The van der Waals surface area contributed by atoms with Crippen LogP contribution in [0.15, 0.2) is 30.3 Å². The van der Waals surface area contributed by atoms with Crippen molar-refractivity contribution in [1.82, 2.24) is 5.43 Å². The lowest BCUT2D eigenvalue weighted by atomic mass is 9.77. The van der Waals surface area contributed by atoms with E-state index in [1.807, 2.05) is 0 Å². The summed E-state index contributed by atoms with van der Waals surface area (Å²) in [5.74, 6) is 8.98. The van der Waals surface area contributed by atoms with Gasteiger partial charge in [-0.1, -0.05) is 30.3 Å². The van der Waals surface area contributed by atoms with Crippen LogP contribution in [0.2, 0.25) is 0 Å². The molecule has 1 aromatic carbocycles. The minimum atomic E-state index is 0.139. The molecule has 2 saturated heterocycles. The third-order valence-electron chi connectivity index (χ3n) is 5.02. The maximum atomic E-state index is 6.20. The van der Waals surface area contributed by atoms with Crippen LogP contribution < -0.4 is 11.3 Å². The number of nitrogens with one attached hydrogen (secondary N) is 1. The van der Waals surface area contributed by atoms with E-state index in [1.54, 1.807) is 0 Å². The third-order valence-corrected chi connectivity index (χ3v) is 6.00. The van der Waals surface area contributed by atoms with Gasteiger partial charge >= 0.3 is 0 Å². The normalized spacial score (nSPS) is 26.6. The number of hydrazine groups is 1. The molecule has 0 aliphatic carbocycles. The number of nitrogens with two attached hydrogens (primary N) is 1. The smallest absolute Gasteiger partial charge is 0.0701 e. The molecule has 2 heterocycles. The van der Waals surface area contributed by atoms with Crippen LogP contribution in [0, 0.1) is 5.92 Å². The quantitative estimate of drug-likeness (QED) is 0.663. The van der Waals surface area contributed by atoms with Gasteiger partial charge in [-0.3, -0.25) is 11.3 Å². The zero-order valence-electron chi connectivity index (χ0n) is 12.6. The van der Waals surface area contributed by atoms with Crippen molar-refractivity contribution >= 4 is 11.8 Å². The lowest BCUT2D eigenvalue weighted by Gasteiger charge is -2.45. The van der Waals surface area contributed by atoms with Crippen molar-refractivity contribution in [2.45, 2.75) is 43.7 Å². The van der Waals surface area contributed by atoms with Crippen molar-refractivity contribution in [1.29, 1.82) is 0 Å². The van der Waals surface area contributed by atoms with Gasteiger partial charge in [0.1, 0.15) is 0 Å². The van der Waals surface area contributed by atoms with Crippen molar-refractivity contribution < 1.29 is 4.74 Å². The fourth-order valence-electron chi connectivity index (χ4n) is 3.73. The number of hydrogen-bond donors (Lipinski definition) is 2. The molecule has 3 nitrogen and oxygen atoms in total. The minimum Gasteiger partial charge on any atom is -0.375 e. The lowest BCUT2D eigenvalue weighted by molar-refractivity contribution is -0.107. The molecule has 21 heavy (non-hydrogen) atoms.